The molecule has 6 rings (SSSR count). The van der Waals surface area contributed by atoms with Gasteiger partial charge in [0.25, 0.3) is 0 Å². The van der Waals surface area contributed by atoms with Crippen molar-refractivity contribution in [1.82, 2.24) is 25.1 Å². The summed E-state index contributed by atoms with van der Waals surface area (Å²) in [5, 5.41) is 9.59. The van der Waals surface area contributed by atoms with Crippen LogP contribution in [-0.4, -0.2) is 69.5 Å². The standard InChI is InChI=1S/C28H30Cl2N6O2/c1-17-14-36(8-9-37-17)28(3)15-35(16-28)25-7-4-19(11-32-25)27-21-10-20(5-6-24(21)33-34-27)38-18(2)26-22(29)12-31-13-23(26)30/h4-7,10-13,17-18H,8-9,14-16H2,1-3H3,(H,33,34)/t17-,18-/m1/s1. The van der Waals surface area contributed by atoms with Gasteiger partial charge in [0, 0.05) is 61.3 Å². The van der Waals surface area contributed by atoms with Crippen molar-refractivity contribution in [2.75, 3.05) is 37.7 Å². The predicted molar refractivity (Wildman–Crippen MR) is 150 cm³/mol. The molecule has 0 spiro atoms. The van der Waals surface area contributed by atoms with E-state index < -0.39 is 0 Å². The van der Waals surface area contributed by atoms with Crippen LogP contribution < -0.4 is 9.64 Å². The third-order valence-electron chi connectivity index (χ3n) is 7.56. The molecule has 198 valence electrons. The molecule has 2 atom stereocenters. The van der Waals surface area contributed by atoms with Crippen LogP contribution in [0.2, 0.25) is 10.0 Å². The molecule has 10 heteroatoms. The van der Waals surface area contributed by atoms with Gasteiger partial charge in [-0.15, -0.1) is 0 Å². The Balaban J connectivity index is 1.18. The van der Waals surface area contributed by atoms with Gasteiger partial charge in [-0.3, -0.25) is 15.0 Å². The number of aromatic nitrogens is 4. The van der Waals surface area contributed by atoms with Crippen LogP contribution in [0, 0.1) is 0 Å². The number of hydrogen-bond donors (Lipinski definition) is 1. The van der Waals surface area contributed by atoms with Crippen LogP contribution in [0.15, 0.2) is 48.9 Å². The molecular formula is C28H30Cl2N6O2. The number of H-pyrrole nitrogens is 1. The van der Waals surface area contributed by atoms with E-state index >= 15 is 0 Å². The van der Waals surface area contributed by atoms with Crippen molar-refractivity contribution in [2.24, 2.45) is 0 Å². The minimum absolute atomic E-state index is 0.162. The molecule has 0 radical (unpaired) electrons. The molecule has 0 bridgehead atoms. The molecular weight excluding hydrogens is 523 g/mol. The molecule has 0 aliphatic carbocycles. The molecule has 2 aliphatic heterocycles. The van der Waals surface area contributed by atoms with Crippen molar-refractivity contribution in [3.8, 4) is 17.0 Å². The van der Waals surface area contributed by atoms with Gasteiger partial charge >= 0.3 is 0 Å². The van der Waals surface area contributed by atoms with E-state index in [0.29, 0.717) is 21.4 Å². The molecule has 0 saturated carbocycles. The Kier molecular flexibility index (Phi) is 6.68. The maximum atomic E-state index is 6.32. The molecule has 1 aromatic carbocycles. The Morgan fingerprint density at radius 3 is 2.63 bits per heavy atom. The summed E-state index contributed by atoms with van der Waals surface area (Å²) in [5.41, 5.74) is 3.56. The summed E-state index contributed by atoms with van der Waals surface area (Å²) in [5.74, 6) is 1.68. The quantitative estimate of drug-likeness (QED) is 0.325. The minimum Gasteiger partial charge on any atom is -0.486 e. The molecule has 2 aliphatic rings. The van der Waals surface area contributed by atoms with E-state index in [1.165, 1.54) is 0 Å². The van der Waals surface area contributed by atoms with E-state index in [9.17, 15) is 0 Å². The summed E-state index contributed by atoms with van der Waals surface area (Å²) >= 11 is 12.6. The van der Waals surface area contributed by atoms with Crippen molar-refractivity contribution in [3.63, 3.8) is 0 Å². The second-order valence-corrected chi connectivity index (χ2v) is 11.3. The van der Waals surface area contributed by atoms with E-state index in [2.05, 4.69) is 51.0 Å². The number of nitrogens with zero attached hydrogens (tertiary/aromatic N) is 5. The van der Waals surface area contributed by atoms with Gasteiger partial charge in [-0.25, -0.2) is 4.98 Å². The zero-order valence-electron chi connectivity index (χ0n) is 21.6. The van der Waals surface area contributed by atoms with Crippen LogP contribution in [0.25, 0.3) is 22.2 Å². The highest BCUT2D eigenvalue weighted by atomic mass is 35.5. The first kappa shape index (κ1) is 25.4. The normalized spacial score (nSPS) is 20.3. The van der Waals surface area contributed by atoms with Gasteiger partial charge in [0.15, 0.2) is 0 Å². The van der Waals surface area contributed by atoms with Crippen molar-refractivity contribution >= 4 is 39.9 Å². The summed E-state index contributed by atoms with van der Waals surface area (Å²) in [6.07, 6.45) is 4.97. The molecule has 2 saturated heterocycles. The molecule has 5 heterocycles. The van der Waals surface area contributed by atoms with Crippen LogP contribution in [-0.2, 0) is 4.74 Å². The van der Waals surface area contributed by atoms with Crippen molar-refractivity contribution in [1.29, 1.82) is 0 Å². The van der Waals surface area contributed by atoms with E-state index in [-0.39, 0.29) is 17.7 Å². The van der Waals surface area contributed by atoms with Crippen molar-refractivity contribution in [2.45, 2.75) is 38.5 Å². The van der Waals surface area contributed by atoms with E-state index in [1.807, 2.05) is 31.3 Å². The Morgan fingerprint density at radius 2 is 1.92 bits per heavy atom. The average Bonchev–Trinajstić information content (AvgIpc) is 3.30. The lowest BCUT2D eigenvalue weighted by Crippen LogP contribution is -2.71. The molecule has 1 N–H and O–H groups in total. The van der Waals surface area contributed by atoms with Crippen LogP contribution in [0.1, 0.15) is 32.4 Å². The van der Waals surface area contributed by atoms with Gasteiger partial charge in [-0.05, 0) is 51.1 Å². The highest BCUT2D eigenvalue weighted by Crippen LogP contribution is 2.36. The number of nitrogens with one attached hydrogen (secondary N) is 1. The Labute approximate surface area is 231 Å². The van der Waals surface area contributed by atoms with Gasteiger partial charge in [-0.2, -0.15) is 5.10 Å². The van der Waals surface area contributed by atoms with Crippen molar-refractivity contribution < 1.29 is 9.47 Å². The monoisotopic (exact) mass is 552 g/mol. The zero-order valence-corrected chi connectivity index (χ0v) is 23.1. The summed E-state index contributed by atoms with van der Waals surface area (Å²) in [4.78, 5) is 13.7. The number of hydrogen-bond acceptors (Lipinski definition) is 7. The highest BCUT2D eigenvalue weighted by molar-refractivity contribution is 6.35. The van der Waals surface area contributed by atoms with E-state index in [4.69, 9.17) is 37.7 Å². The predicted octanol–water partition coefficient (Wildman–Crippen LogP) is 5.77. The lowest BCUT2D eigenvalue weighted by molar-refractivity contribution is -0.0655. The second kappa shape index (κ2) is 10.0. The molecule has 0 amide bonds. The Bertz CT molecular complexity index is 1430. The minimum atomic E-state index is -0.352. The summed E-state index contributed by atoms with van der Waals surface area (Å²) in [6.45, 7) is 11.1. The first-order chi connectivity index (χ1) is 18.3. The smallest absolute Gasteiger partial charge is 0.128 e. The number of benzene rings is 1. The molecule has 0 unspecified atom stereocenters. The molecule has 3 aromatic heterocycles. The number of rotatable bonds is 6. The lowest BCUT2D eigenvalue weighted by atomic mass is 9.89. The SMILES string of the molecule is C[C@@H]1CN(C2(C)CN(c3ccc(-c4n[nH]c5ccc(O[C@H](C)c6c(Cl)cncc6Cl)cc45)cn3)C2)CCO1. The third-order valence-corrected chi connectivity index (χ3v) is 8.16. The second-order valence-electron chi connectivity index (χ2n) is 10.4. The number of fused-ring (bicyclic) bond motifs is 1. The first-order valence-electron chi connectivity index (χ1n) is 12.8. The number of pyridine rings is 2. The first-order valence-corrected chi connectivity index (χ1v) is 13.6. The van der Waals surface area contributed by atoms with E-state index in [0.717, 1.165) is 60.8 Å². The van der Waals surface area contributed by atoms with Crippen molar-refractivity contribution in [3.05, 3.63) is 64.5 Å². The van der Waals surface area contributed by atoms with Crippen LogP contribution in [0.4, 0.5) is 5.82 Å². The summed E-state index contributed by atoms with van der Waals surface area (Å²) in [7, 11) is 0. The average molecular weight is 553 g/mol. The lowest BCUT2D eigenvalue weighted by Gasteiger charge is -2.56. The van der Waals surface area contributed by atoms with Gasteiger partial charge in [0.05, 0.1) is 33.8 Å². The Morgan fingerprint density at radius 1 is 1.13 bits per heavy atom. The highest BCUT2D eigenvalue weighted by Gasteiger charge is 2.45. The maximum Gasteiger partial charge on any atom is 0.128 e. The molecule has 4 aromatic rings. The number of halogens is 2. The zero-order chi connectivity index (χ0) is 26.4. The van der Waals surface area contributed by atoms with Gasteiger partial charge in [-0.1, -0.05) is 23.2 Å². The van der Waals surface area contributed by atoms with Crippen LogP contribution >= 0.6 is 23.2 Å². The van der Waals surface area contributed by atoms with Crippen LogP contribution in [0.5, 0.6) is 5.75 Å². The van der Waals surface area contributed by atoms with Gasteiger partial charge < -0.3 is 14.4 Å². The number of anilines is 1. The summed E-state index contributed by atoms with van der Waals surface area (Å²) < 4.78 is 11.9. The fourth-order valence-corrected chi connectivity index (χ4v) is 6.19. The number of ether oxygens (including phenoxy) is 2. The third kappa shape index (κ3) is 4.71. The molecule has 8 nitrogen and oxygen atoms in total. The van der Waals surface area contributed by atoms with E-state index in [1.54, 1.807) is 12.4 Å². The maximum absolute atomic E-state index is 6.32. The fourth-order valence-electron chi connectivity index (χ4n) is 5.52. The Hall–Kier alpha value is -2.91. The van der Waals surface area contributed by atoms with Gasteiger partial charge in [0.1, 0.15) is 23.4 Å². The fraction of sp³-hybridized carbons (Fsp3) is 0.393. The van der Waals surface area contributed by atoms with Gasteiger partial charge in [0.2, 0.25) is 0 Å². The number of morpholine rings is 1. The summed E-state index contributed by atoms with van der Waals surface area (Å²) in [6, 6.07) is 10.00. The largest absolute Gasteiger partial charge is 0.486 e. The number of aromatic amines is 1. The molecule has 2 fully saturated rings. The topological polar surface area (TPSA) is 79.4 Å². The molecule has 38 heavy (non-hydrogen) atoms. The van der Waals surface area contributed by atoms with Crippen LogP contribution in [0.3, 0.4) is 0 Å².